The molecule has 10 heteroatoms. The number of aryl methyl sites for hydroxylation is 2. The Balaban J connectivity index is 1.84. The molecule has 0 saturated carbocycles. The van der Waals surface area contributed by atoms with Crippen LogP contribution in [0.3, 0.4) is 0 Å². The maximum atomic E-state index is 12.7. The Hall–Kier alpha value is -3.92. The van der Waals surface area contributed by atoms with Gasteiger partial charge in [-0.25, -0.2) is 9.59 Å². The highest BCUT2D eigenvalue weighted by Gasteiger charge is 2.22. The Morgan fingerprint density at radius 1 is 1.15 bits per heavy atom. The molecule has 3 aromatic rings. The number of fused-ring (bicyclic) bond motifs is 1. The second-order valence-corrected chi connectivity index (χ2v) is 8.41. The minimum absolute atomic E-state index is 0.0927. The van der Waals surface area contributed by atoms with Gasteiger partial charge in [0.05, 0.1) is 17.4 Å². The van der Waals surface area contributed by atoms with Crippen LogP contribution in [0.15, 0.2) is 39.5 Å². The highest BCUT2D eigenvalue weighted by Crippen LogP contribution is 2.21. The van der Waals surface area contributed by atoms with Gasteiger partial charge >= 0.3 is 11.6 Å². The molecular weight excluding hydrogens is 440 g/mol. The van der Waals surface area contributed by atoms with Gasteiger partial charge < -0.3 is 30.2 Å². The molecule has 1 amide bonds. The SMILES string of the molecule is Cc1cc(O)ccc1C[C@H](Nc1nc2ccc(CNC(=O)CN(C)C)c(C)c2c(=O)o1)C(=O)O. The molecule has 0 radical (unpaired) electrons. The average molecular weight is 469 g/mol. The number of carbonyl (C=O) groups is 2. The molecule has 180 valence electrons. The lowest BCUT2D eigenvalue weighted by Gasteiger charge is -2.16. The number of anilines is 1. The van der Waals surface area contributed by atoms with Crippen LogP contribution in [0.4, 0.5) is 6.01 Å². The zero-order chi connectivity index (χ0) is 25.0. The van der Waals surface area contributed by atoms with Gasteiger partial charge in [0.15, 0.2) is 0 Å². The van der Waals surface area contributed by atoms with Crippen molar-refractivity contribution in [1.82, 2.24) is 15.2 Å². The summed E-state index contributed by atoms with van der Waals surface area (Å²) in [6.07, 6.45) is 0.0927. The molecular formula is C24H28N4O6. The first kappa shape index (κ1) is 24.7. The van der Waals surface area contributed by atoms with Crippen LogP contribution in [-0.4, -0.2) is 58.7 Å². The number of aliphatic carboxylic acids is 1. The minimum Gasteiger partial charge on any atom is -0.508 e. The lowest BCUT2D eigenvalue weighted by molar-refractivity contribution is -0.138. The summed E-state index contributed by atoms with van der Waals surface area (Å²) in [4.78, 5) is 42.5. The summed E-state index contributed by atoms with van der Waals surface area (Å²) in [5, 5.41) is 25.0. The van der Waals surface area contributed by atoms with E-state index in [1.165, 1.54) is 6.07 Å². The number of rotatable bonds is 9. The third kappa shape index (κ3) is 5.90. The number of aromatic nitrogens is 1. The number of amides is 1. The molecule has 0 bridgehead atoms. The Morgan fingerprint density at radius 3 is 2.50 bits per heavy atom. The van der Waals surface area contributed by atoms with E-state index >= 15 is 0 Å². The van der Waals surface area contributed by atoms with Gasteiger partial charge in [-0.3, -0.25) is 4.79 Å². The summed E-state index contributed by atoms with van der Waals surface area (Å²) in [7, 11) is 3.59. The fraction of sp³-hybridized carbons (Fsp3) is 0.333. The smallest absolute Gasteiger partial charge is 0.348 e. The first-order chi connectivity index (χ1) is 16.0. The number of aromatic hydroxyl groups is 1. The Labute approximate surface area is 196 Å². The van der Waals surface area contributed by atoms with Gasteiger partial charge in [0, 0.05) is 13.0 Å². The van der Waals surface area contributed by atoms with Crippen molar-refractivity contribution in [3.8, 4) is 5.75 Å². The highest BCUT2D eigenvalue weighted by atomic mass is 16.4. The quantitative estimate of drug-likeness (QED) is 0.369. The van der Waals surface area contributed by atoms with Crippen molar-refractivity contribution in [2.24, 2.45) is 0 Å². The predicted octanol–water partition coefficient (Wildman–Crippen LogP) is 1.80. The molecule has 10 nitrogen and oxygen atoms in total. The molecule has 34 heavy (non-hydrogen) atoms. The van der Waals surface area contributed by atoms with E-state index in [0.29, 0.717) is 11.1 Å². The van der Waals surface area contributed by atoms with Crippen molar-refractivity contribution in [3.05, 3.63) is 63.0 Å². The van der Waals surface area contributed by atoms with Crippen molar-refractivity contribution in [2.75, 3.05) is 26.0 Å². The van der Waals surface area contributed by atoms with Gasteiger partial charge in [-0.1, -0.05) is 12.1 Å². The number of carboxylic acids is 1. The number of hydrogen-bond acceptors (Lipinski definition) is 8. The first-order valence-electron chi connectivity index (χ1n) is 10.7. The number of nitrogens with one attached hydrogen (secondary N) is 2. The van der Waals surface area contributed by atoms with Crippen molar-refractivity contribution in [1.29, 1.82) is 0 Å². The standard InChI is InChI=1S/C24H28N4O6/c1-13-9-17(29)7-5-15(13)10-19(22(31)32)27-24-26-18-8-6-16(11-25-20(30)12-28(3)4)14(2)21(18)23(33)34-24/h5-9,19,29H,10-12H2,1-4H3,(H,25,30)(H,26,27)(H,31,32)/t19-/m0/s1. The number of carbonyl (C=O) groups excluding carboxylic acids is 1. The molecule has 1 aromatic heterocycles. The lowest BCUT2D eigenvalue weighted by Crippen LogP contribution is -2.33. The normalized spacial score (nSPS) is 12.0. The van der Waals surface area contributed by atoms with Crippen LogP contribution in [-0.2, 0) is 22.6 Å². The van der Waals surface area contributed by atoms with Crippen LogP contribution < -0.4 is 16.3 Å². The topological polar surface area (TPSA) is 145 Å². The van der Waals surface area contributed by atoms with Gasteiger partial charge in [-0.05, 0) is 68.4 Å². The molecule has 0 saturated heterocycles. The number of hydrogen-bond donors (Lipinski definition) is 4. The van der Waals surface area contributed by atoms with Crippen molar-refractivity contribution in [2.45, 2.75) is 32.9 Å². The molecule has 0 aliphatic rings. The molecule has 0 spiro atoms. The third-order valence-electron chi connectivity index (χ3n) is 5.45. The van der Waals surface area contributed by atoms with Crippen molar-refractivity contribution in [3.63, 3.8) is 0 Å². The van der Waals surface area contributed by atoms with Gasteiger partial charge in [-0.15, -0.1) is 0 Å². The third-order valence-corrected chi connectivity index (χ3v) is 5.45. The summed E-state index contributed by atoms with van der Waals surface area (Å²) < 4.78 is 5.30. The summed E-state index contributed by atoms with van der Waals surface area (Å²) in [6.45, 7) is 4.02. The Morgan fingerprint density at radius 2 is 1.85 bits per heavy atom. The highest BCUT2D eigenvalue weighted by molar-refractivity contribution is 5.84. The average Bonchev–Trinajstić information content (AvgIpc) is 2.73. The molecule has 2 aromatic carbocycles. The van der Waals surface area contributed by atoms with E-state index in [4.69, 9.17) is 4.42 Å². The maximum absolute atomic E-state index is 12.7. The summed E-state index contributed by atoms with van der Waals surface area (Å²) in [5.41, 5.74) is 2.53. The van der Waals surface area contributed by atoms with E-state index in [-0.39, 0.29) is 42.6 Å². The second kappa shape index (κ2) is 10.3. The van der Waals surface area contributed by atoms with E-state index in [0.717, 1.165) is 16.7 Å². The van der Waals surface area contributed by atoms with E-state index in [1.807, 2.05) is 0 Å². The zero-order valence-corrected chi connectivity index (χ0v) is 19.5. The number of benzene rings is 2. The Kier molecular flexibility index (Phi) is 7.52. The molecule has 0 fully saturated rings. The molecule has 1 heterocycles. The summed E-state index contributed by atoms with van der Waals surface area (Å²) in [5.74, 6) is -1.19. The van der Waals surface area contributed by atoms with E-state index in [9.17, 15) is 24.6 Å². The van der Waals surface area contributed by atoms with Crippen molar-refractivity contribution >= 4 is 28.8 Å². The van der Waals surface area contributed by atoms with Crippen molar-refractivity contribution < 1.29 is 24.2 Å². The molecule has 3 rings (SSSR count). The maximum Gasteiger partial charge on any atom is 0.348 e. The largest absolute Gasteiger partial charge is 0.508 e. The van der Waals surface area contributed by atoms with Gasteiger partial charge in [0.2, 0.25) is 5.91 Å². The summed E-state index contributed by atoms with van der Waals surface area (Å²) in [6, 6.07) is 6.77. The van der Waals surface area contributed by atoms with Crippen LogP contribution in [0.1, 0.15) is 22.3 Å². The van der Waals surface area contributed by atoms with E-state index in [1.54, 1.807) is 57.1 Å². The number of phenolic OH excluding ortho intramolecular Hbond substituents is 1. The van der Waals surface area contributed by atoms with E-state index in [2.05, 4.69) is 15.6 Å². The van der Waals surface area contributed by atoms with Gasteiger partial charge in [0.1, 0.15) is 11.8 Å². The monoisotopic (exact) mass is 468 g/mol. The number of nitrogens with zero attached hydrogens (tertiary/aromatic N) is 2. The number of phenols is 1. The Bertz CT molecular complexity index is 1280. The van der Waals surface area contributed by atoms with Crippen LogP contribution in [0.25, 0.3) is 10.9 Å². The fourth-order valence-electron chi connectivity index (χ4n) is 3.63. The molecule has 1 atom stereocenters. The van der Waals surface area contributed by atoms with E-state index < -0.39 is 17.6 Å². The van der Waals surface area contributed by atoms with Crippen LogP contribution in [0.5, 0.6) is 5.75 Å². The van der Waals surface area contributed by atoms with Crippen LogP contribution in [0, 0.1) is 13.8 Å². The second-order valence-electron chi connectivity index (χ2n) is 8.41. The number of carboxylic acid groups (broad SMARTS) is 1. The predicted molar refractivity (Wildman–Crippen MR) is 127 cm³/mol. The zero-order valence-electron chi connectivity index (χ0n) is 19.5. The van der Waals surface area contributed by atoms with Gasteiger partial charge in [-0.2, -0.15) is 4.98 Å². The van der Waals surface area contributed by atoms with Crippen LogP contribution >= 0.6 is 0 Å². The lowest BCUT2D eigenvalue weighted by atomic mass is 10.0. The first-order valence-corrected chi connectivity index (χ1v) is 10.7. The molecule has 0 unspecified atom stereocenters. The minimum atomic E-state index is -1.14. The molecule has 4 N–H and O–H groups in total. The fourth-order valence-corrected chi connectivity index (χ4v) is 3.63. The van der Waals surface area contributed by atoms with Gasteiger partial charge in [0.25, 0.3) is 6.01 Å². The molecule has 0 aliphatic carbocycles. The molecule has 0 aliphatic heterocycles. The number of likely N-dealkylation sites (N-methyl/N-ethyl adjacent to an activating group) is 1. The summed E-state index contributed by atoms with van der Waals surface area (Å²) >= 11 is 0. The van der Waals surface area contributed by atoms with Crippen LogP contribution in [0.2, 0.25) is 0 Å².